The molecular weight excluding hydrogens is 486 g/mol. The summed E-state index contributed by atoms with van der Waals surface area (Å²) in [6.07, 6.45) is 1.02. The van der Waals surface area contributed by atoms with Crippen LogP contribution >= 0.6 is 11.9 Å². The Kier molecular flexibility index (Phi) is 7.08. The van der Waals surface area contributed by atoms with E-state index in [4.69, 9.17) is 19.6 Å². The number of hydrogen-bond acceptors (Lipinski definition) is 8. The minimum absolute atomic E-state index is 0.0819. The molecule has 1 aliphatic heterocycles. The van der Waals surface area contributed by atoms with E-state index in [2.05, 4.69) is 15.7 Å². The molecule has 1 atom stereocenters. The van der Waals surface area contributed by atoms with Crippen LogP contribution in [0, 0.1) is 13.8 Å². The number of carbonyl (C=O) groups excluding carboxylic acids is 1. The number of methoxy groups -OCH3 is 2. The maximum atomic E-state index is 11.5. The third kappa shape index (κ3) is 5.01. The monoisotopic (exact) mass is 517 g/mol. The largest absolute Gasteiger partial charge is 0.493 e. The molecule has 0 aliphatic carbocycles. The number of hydrogen-bond donors (Lipinski definition) is 1. The van der Waals surface area contributed by atoms with Crippen LogP contribution in [0.4, 0.5) is 5.69 Å². The highest BCUT2D eigenvalue weighted by Gasteiger charge is 2.27. The summed E-state index contributed by atoms with van der Waals surface area (Å²) in [7, 11) is 3.27. The van der Waals surface area contributed by atoms with Gasteiger partial charge >= 0.3 is 0 Å². The van der Waals surface area contributed by atoms with Gasteiger partial charge in [0.1, 0.15) is 0 Å². The van der Waals surface area contributed by atoms with Crippen LogP contribution in [0.15, 0.2) is 53.4 Å². The van der Waals surface area contributed by atoms with Crippen molar-refractivity contribution in [1.82, 2.24) is 19.3 Å². The van der Waals surface area contributed by atoms with E-state index in [1.54, 1.807) is 33.1 Å². The summed E-state index contributed by atoms with van der Waals surface area (Å²) in [4.78, 5) is 19.9. The van der Waals surface area contributed by atoms with E-state index in [0.29, 0.717) is 17.5 Å². The van der Waals surface area contributed by atoms with Crippen molar-refractivity contribution < 1.29 is 14.3 Å². The predicted octanol–water partition coefficient (Wildman–Crippen LogP) is 5.11. The molecule has 192 valence electrons. The molecule has 3 heterocycles. The molecular formula is C28H31N5O3S. The van der Waals surface area contributed by atoms with Crippen LogP contribution in [0.3, 0.4) is 0 Å². The Morgan fingerprint density at radius 1 is 1.05 bits per heavy atom. The quantitative estimate of drug-likeness (QED) is 0.255. The lowest BCUT2D eigenvalue weighted by atomic mass is 10.1. The Bertz CT molecular complexity index is 1450. The summed E-state index contributed by atoms with van der Waals surface area (Å²) in [6.45, 7) is 7.42. The second-order valence-corrected chi connectivity index (χ2v) is 10.2. The standard InChI is InChI=1S/C28H31N5O3S/c1-17-14-24(32-13-12-22(16-32)31-37-23-9-6-20(7-10-23)19(3)34)28-29-18(2)27(33(28)30-17)21-8-11-25(35-4)26(15-21)36-5/h6-11,14-15,22,31H,12-13,16H2,1-5H3. The van der Waals surface area contributed by atoms with Gasteiger partial charge in [-0.05, 0) is 75.5 Å². The Morgan fingerprint density at radius 2 is 1.81 bits per heavy atom. The topological polar surface area (TPSA) is 81.0 Å². The Balaban J connectivity index is 1.38. The fourth-order valence-corrected chi connectivity index (χ4v) is 5.53. The molecule has 0 radical (unpaired) electrons. The second-order valence-electron chi connectivity index (χ2n) is 9.25. The SMILES string of the molecule is COc1ccc(-c2c(C)nc3c(N4CCC(NSc5ccc(C(C)=O)cc5)C4)cc(C)nn23)cc1OC. The Morgan fingerprint density at radius 3 is 2.51 bits per heavy atom. The predicted molar refractivity (Wildman–Crippen MR) is 147 cm³/mol. The lowest BCUT2D eigenvalue weighted by molar-refractivity contribution is 0.101. The number of Topliss-reactive ketones (excluding diaryl/α,β-unsaturated/α-hetero) is 1. The molecule has 4 aromatic rings. The molecule has 1 fully saturated rings. The first-order valence-electron chi connectivity index (χ1n) is 12.3. The summed E-state index contributed by atoms with van der Waals surface area (Å²) >= 11 is 1.61. The van der Waals surface area contributed by atoms with Crippen LogP contribution in [-0.4, -0.2) is 53.7 Å². The number of aromatic nitrogens is 3. The van der Waals surface area contributed by atoms with E-state index in [-0.39, 0.29) is 5.78 Å². The first-order chi connectivity index (χ1) is 17.9. The fraction of sp³-hybridized carbons (Fsp3) is 0.321. The maximum Gasteiger partial charge on any atom is 0.178 e. The minimum atomic E-state index is 0.0819. The van der Waals surface area contributed by atoms with Crippen LogP contribution < -0.4 is 19.1 Å². The third-order valence-corrected chi connectivity index (χ3v) is 7.61. The van der Waals surface area contributed by atoms with Gasteiger partial charge in [-0.1, -0.05) is 12.1 Å². The summed E-state index contributed by atoms with van der Waals surface area (Å²) in [5, 5.41) is 4.83. The van der Waals surface area contributed by atoms with Crippen molar-refractivity contribution in [3.05, 3.63) is 65.5 Å². The number of nitrogens with zero attached hydrogens (tertiary/aromatic N) is 4. The normalized spacial score (nSPS) is 15.4. The van der Waals surface area contributed by atoms with E-state index in [0.717, 1.165) is 63.9 Å². The maximum absolute atomic E-state index is 11.5. The molecule has 0 bridgehead atoms. The van der Waals surface area contributed by atoms with E-state index in [9.17, 15) is 4.79 Å². The average molecular weight is 518 g/mol. The number of rotatable bonds is 8. The zero-order valence-electron chi connectivity index (χ0n) is 21.7. The Labute approximate surface area is 221 Å². The van der Waals surface area contributed by atoms with Gasteiger partial charge in [-0.2, -0.15) is 5.10 Å². The van der Waals surface area contributed by atoms with Crippen LogP contribution in [0.2, 0.25) is 0 Å². The van der Waals surface area contributed by atoms with Crippen molar-refractivity contribution in [1.29, 1.82) is 0 Å². The van der Waals surface area contributed by atoms with Crippen molar-refractivity contribution in [3.63, 3.8) is 0 Å². The number of nitrogens with one attached hydrogen (secondary N) is 1. The number of aryl methyl sites for hydroxylation is 2. The van der Waals surface area contributed by atoms with Gasteiger partial charge in [-0.15, -0.1) is 0 Å². The lowest BCUT2D eigenvalue weighted by Crippen LogP contribution is -2.28. The third-order valence-electron chi connectivity index (χ3n) is 6.65. The summed E-state index contributed by atoms with van der Waals surface area (Å²) < 4.78 is 16.5. The van der Waals surface area contributed by atoms with Crippen LogP contribution in [-0.2, 0) is 0 Å². The zero-order valence-corrected chi connectivity index (χ0v) is 22.6. The van der Waals surface area contributed by atoms with E-state index in [1.165, 1.54) is 0 Å². The number of ketones is 1. The molecule has 5 rings (SSSR count). The molecule has 0 saturated carbocycles. The molecule has 2 aromatic heterocycles. The summed E-state index contributed by atoms with van der Waals surface area (Å²) in [5.41, 5.74) is 6.42. The lowest BCUT2D eigenvalue weighted by Gasteiger charge is -2.20. The van der Waals surface area contributed by atoms with Crippen LogP contribution in [0.1, 0.15) is 35.1 Å². The highest BCUT2D eigenvalue weighted by molar-refractivity contribution is 7.97. The number of anilines is 1. The number of fused-ring (bicyclic) bond motifs is 1. The molecule has 1 N–H and O–H groups in total. The van der Waals surface area contributed by atoms with Gasteiger partial charge in [0.05, 0.1) is 37.0 Å². The summed E-state index contributed by atoms with van der Waals surface area (Å²) in [5.74, 6) is 1.44. The number of ether oxygens (including phenoxy) is 2. The van der Waals surface area contributed by atoms with Gasteiger partial charge in [-0.25, -0.2) is 9.50 Å². The van der Waals surface area contributed by atoms with Gasteiger partial charge in [0, 0.05) is 35.2 Å². The average Bonchev–Trinajstić information content (AvgIpc) is 3.50. The van der Waals surface area contributed by atoms with Crippen molar-refractivity contribution in [2.75, 3.05) is 32.2 Å². The highest BCUT2D eigenvalue weighted by Crippen LogP contribution is 2.36. The van der Waals surface area contributed by atoms with Crippen molar-refractivity contribution in [3.8, 4) is 22.8 Å². The van der Waals surface area contributed by atoms with Gasteiger partial charge < -0.3 is 14.4 Å². The smallest absolute Gasteiger partial charge is 0.178 e. The molecule has 0 spiro atoms. The van der Waals surface area contributed by atoms with Crippen molar-refractivity contribution in [2.45, 2.75) is 38.1 Å². The molecule has 2 aromatic carbocycles. The molecule has 8 nitrogen and oxygen atoms in total. The van der Waals surface area contributed by atoms with Gasteiger partial charge in [-0.3, -0.25) is 9.52 Å². The number of benzene rings is 2. The number of carbonyl (C=O) groups is 1. The minimum Gasteiger partial charge on any atom is -0.493 e. The molecule has 1 unspecified atom stereocenters. The van der Waals surface area contributed by atoms with Gasteiger partial charge in [0.25, 0.3) is 0 Å². The molecule has 0 amide bonds. The van der Waals surface area contributed by atoms with Crippen molar-refractivity contribution >= 4 is 29.1 Å². The molecule has 1 saturated heterocycles. The first kappa shape index (κ1) is 25.1. The first-order valence-corrected chi connectivity index (χ1v) is 13.1. The number of imidazole rings is 1. The Hall–Kier alpha value is -3.56. The van der Waals surface area contributed by atoms with Gasteiger partial charge in [0.15, 0.2) is 22.9 Å². The highest BCUT2D eigenvalue weighted by atomic mass is 32.2. The van der Waals surface area contributed by atoms with Gasteiger partial charge in [0.2, 0.25) is 0 Å². The second kappa shape index (κ2) is 10.4. The fourth-order valence-electron chi connectivity index (χ4n) is 4.76. The molecule has 9 heteroatoms. The summed E-state index contributed by atoms with van der Waals surface area (Å²) in [6, 6.07) is 16.1. The van der Waals surface area contributed by atoms with Crippen LogP contribution in [0.5, 0.6) is 11.5 Å². The van der Waals surface area contributed by atoms with Crippen LogP contribution in [0.25, 0.3) is 16.9 Å². The molecule has 37 heavy (non-hydrogen) atoms. The van der Waals surface area contributed by atoms with E-state index in [1.807, 2.05) is 60.8 Å². The van der Waals surface area contributed by atoms with E-state index < -0.39 is 0 Å². The zero-order chi connectivity index (χ0) is 26.1. The van der Waals surface area contributed by atoms with E-state index >= 15 is 0 Å². The molecule has 1 aliphatic rings. The van der Waals surface area contributed by atoms with Crippen molar-refractivity contribution in [2.24, 2.45) is 0 Å².